The van der Waals surface area contributed by atoms with Crippen molar-refractivity contribution in [2.75, 3.05) is 32.8 Å². The van der Waals surface area contributed by atoms with Crippen molar-refractivity contribution in [1.82, 2.24) is 14.8 Å². The molecule has 23 heavy (non-hydrogen) atoms. The monoisotopic (exact) mass is 379 g/mol. The van der Waals surface area contributed by atoms with Gasteiger partial charge in [0.05, 0.1) is 6.61 Å². The van der Waals surface area contributed by atoms with Gasteiger partial charge in [-0.05, 0) is 25.1 Å². The number of aromatic nitrogens is 1. The molecule has 0 unspecified atom stereocenters. The Labute approximate surface area is 142 Å². The van der Waals surface area contributed by atoms with Crippen LogP contribution in [0.2, 0.25) is 0 Å². The number of hydrogen-bond acceptors (Lipinski definition) is 3. The summed E-state index contributed by atoms with van der Waals surface area (Å²) < 4.78 is 5.95. The summed E-state index contributed by atoms with van der Waals surface area (Å²) in [6.07, 6.45) is -0.310. The number of fused-ring (bicyclic) bond motifs is 1. The first kappa shape index (κ1) is 15.9. The van der Waals surface area contributed by atoms with E-state index < -0.39 is 0 Å². The third-order valence-electron chi connectivity index (χ3n) is 3.91. The molecule has 2 heterocycles. The highest BCUT2D eigenvalue weighted by atomic mass is 79.9. The number of H-pyrrole nitrogens is 1. The number of amides is 2. The average molecular weight is 380 g/mol. The lowest BCUT2D eigenvalue weighted by molar-refractivity contribution is 0.0566. The molecule has 1 aliphatic heterocycles. The van der Waals surface area contributed by atoms with Gasteiger partial charge in [0.15, 0.2) is 0 Å². The van der Waals surface area contributed by atoms with Crippen LogP contribution in [0.15, 0.2) is 28.7 Å². The van der Waals surface area contributed by atoms with Crippen molar-refractivity contribution in [2.45, 2.75) is 6.92 Å². The summed E-state index contributed by atoms with van der Waals surface area (Å²) in [5.74, 6) is -0.0409. The minimum absolute atomic E-state index is 0.0409. The van der Waals surface area contributed by atoms with Crippen molar-refractivity contribution in [1.29, 1.82) is 0 Å². The molecular formula is C16H18BrN3O3. The smallest absolute Gasteiger partial charge is 0.409 e. The maximum Gasteiger partial charge on any atom is 0.409 e. The Morgan fingerprint density at radius 3 is 2.57 bits per heavy atom. The summed E-state index contributed by atoms with van der Waals surface area (Å²) in [6.45, 7) is 4.16. The van der Waals surface area contributed by atoms with Crippen LogP contribution in [0, 0.1) is 0 Å². The van der Waals surface area contributed by atoms with Crippen molar-refractivity contribution < 1.29 is 14.3 Å². The standard InChI is InChI=1S/C16H18BrN3O3/c1-2-23-16(22)20-7-5-19(6-8-20)15(21)14-9-11-3-4-12(17)10-13(11)18-14/h3-4,9-10,18H,2,5-8H2,1H3. The second-order valence-electron chi connectivity index (χ2n) is 5.39. The number of nitrogens with zero attached hydrogens (tertiary/aromatic N) is 2. The highest BCUT2D eigenvalue weighted by Crippen LogP contribution is 2.21. The third-order valence-corrected chi connectivity index (χ3v) is 4.40. The lowest BCUT2D eigenvalue weighted by Gasteiger charge is -2.33. The Kier molecular flexibility index (Phi) is 4.56. The van der Waals surface area contributed by atoms with Crippen LogP contribution in [0.5, 0.6) is 0 Å². The lowest BCUT2D eigenvalue weighted by atomic mass is 10.2. The molecule has 1 aliphatic rings. The topological polar surface area (TPSA) is 65.6 Å². The minimum Gasteiger partial charge on any atom is -0.450 e. The number of halogens is 1. The fourth-order valence-corrected chi connectivity index (χ4v) is 3.05. The summed E-state index contributed by atoms with van der Waals surface area (Å²) in [4.78, 5) is 30.8. The number of hydrogen-bond donors (Lipinski definition) is 1. The molecule has 6 nitrogen and oxygen atoms in total. The van der Waals surface area contributed by atoms with Gasteiger partial charge in [0.1, 0.15) is 5.69 Å². The van der Waals surface area contributed by atoms with Gasteiger partial charge in [-0.2, -0.15) is 0 Å². The number of carbonyl (C=O) groups excluding carboxylic acids is 2. The van der Waals surface area contributed by atoms with Gasteiger partial charge in [0.25, 0.3) is 5.91 Å². The molecule has 0 atom stereocenters. The van der Waals surface area contributed by atoms with Gasteiger partial charge in [-0.3, -0.25) is 4.79 Å². The van der Waals surface area contributed by atoms with Crippen LogP contribution in [0.25, 0.3) is 10.9 Å². The average Bonchev–Trinajstić information content (AvgIpc) is 2.97. The number of nitrogens with one attached hydrogen (secondary N) is 1. The molecule has 2 amide bonds. The van der Waals surface area contributed by atoms with Crippen LogP contribution in [-0.4, -0.2) is 59.6 Å². The molecule has 1 aromatic carbocycles. The molecule has 1 fully saturated rings. The number of piperazine rings is 1. The molecule has 122 valence electrons. The zero-order valence-corrected chi connectivity index (χ0v) is 14.4. The number of ether oxygens (including phenoxy) is 1. The van der Waals surface area contributed by atoms with Crippen molar-refractivity contribution in [3.8, 4) is 0 Å². The Morgan fingerprint density at radius 1 is 1.17 bits per heavy atom. The van der Waals surface area contributed by atoms with Crippen molar-refractivity contribution in [2.24, 2.45) is 0 Å². The van der Waals surface area contributed by atoms with E-state index in [1.165, 1.54) is 0 Å². The minimum atomic E-state index is -0.310. The molecule has 0 spiro atoms. The fourth-order valence-electron chi connectivity index (χ4n) is 2.69. The molecular weight excluding hydrogens is 362 g/mol. The highest BCUT2D eigenvalue weighted by molar-refractivity contribution is 9.10. The van der Waals surface area contributed by atoms with Gasteiger partial charge in [0.2, 0.25) is 0 Å². The molecule has 0 aliphatic carbocycles. The van der Waals surface area contributed by atoms with Gasteiger partial charge in [-0.1, -0.05) is 22.0 Å². The first-order chi connectivity index (χ1) is 11.1. The fraction of sp³-hybridized carbons (Fsp3) is 0.375. The van der Waals surface area contributed by atoms with E-state index in [1.54, 1.807) is 16.7 Å². The van der Waals surface area contributed by atoms with Crippen molar-refractivity contribution >= 4 is 38.8 Å². The van der Waals surface area contributed by atoms with Crippen LogP contribution < -0.4 is 0 Å². The van der Waals surface area contributed by atoms with Crippen LogP contribution in [-0.2, 0) is 4.74 Å². The number of benzene rings is 1. The molecule has 1 N–H and O–H groups in total. The second kappa shape index (κ2) is 6.62. The lowest BCUT2D eigenvalue weighted by Crippen LogP contribution is -2.50. The van der Waals surface area contributed by atoms with E-state index in [-0.39, 0.29) is 12.0 Å². The predicted molar refractivity (Wildman–Crippen MR) is 90.5 cm³/mol. The van der Waals surface area contributed by atoms with Crippen molar-refractivity contribution in [3.05, 3.63) is 34.4 Å². The zero-order valence-electron chi connectivity index (χ0n) is 12.8. The predicted octanol–water partition coefficient (Wildman–Crippen LogP) is 2.84. The van der Waals surface area contributed by atoms with E-state index in [1.807, 2.05) is 24.3 Å². The molecule has 1 saturated heterocycles. The molecule has 3 rings (SSSR count). The summed E-state index contributed by atoms with van der Waals surface area (Å²) in [5, 5.41) is 1.00. The summed E-state index contributed by atoms with van der Waals surface area (Å²) in [5.41, 5.74) is 1.50. The molecule has 0 bridgehead atoms. The first-order valence-electron chi connectivity index (χ1n) is 7.57. The van der Waals surface area contributed by atoms with Crippen LogP contribution >= 0.6 is 15.9 Å². The summed E-state index contributed by atoms with van der Waals surface area (Å²) in [7, 11) is 0. The van der Waals surface area contributed by atoms with E-state index in [0.717, 1.165) is 15.4 Å². The SMILES string of the molecule is CCOC(=O)N1CCN(C(=O)c2cc3ccc(Br)cc3[nH]2)CC1. The molecule has 1 aromatic heterocycles. The maximum absolute atomic E-state index is 12.6. The largest absolute Gasteiger partial charge is 0.450 e. The van der Waals surface area contributed by atoms with E-state index in [0.29, 0.717) is 38.5 Å². The van der Waals surface area contributed by atoms with Crippen molar-refractivity contribution in [3.63, 3.8) is 0 Å². The number of carbonyl (C=O) groups is 2. The Bertz CT molecular complexity index is 735. The Morgan fingerprint density at radius 2 is 1.87 bits per heavy atom. The molecule has 7 heteroatoms. The van der Waals surface area contributed by atoms with Gasteiger partial charge < -0.3 is 19.5 Å². The first-order valence-corrected chi connectivity index (χ1v) is 8.37. The Balaban J connectivity index is 1.67. The van der Waals surface area contributed by atoms with Gasteiger partial charge in [-0.25, -0.2) is 4.79 Å². The van der Waals surface area contributed by atoms with Crippen LogP contribution in [0.1, 0.15) is 17.4 Å². The van der Waals surface area contributed by atoms with Gasteiger partial charge >= 0.3 is 6.09 Å². The molecule has 0 radical (unpaired) electrons. The van der Waals surface area contributed by atoms with E-state index in [4.69, 9.17) is 4.74 Å². The van der Waals surface area contributed by atoms with E-state index in [9.17, 15) is 9.59 Å². The maximum atomic E-state index is 12.6. The third kappa shape index (κ3) is 3.34. The Hall–Kier alpha value is -2.02. The van der Waals surface area contributed by atoms with Crippen LogP contribution in [0.3, 0.4) is 0 Å². The zero-order chi connectivity index (χ0) is 16.4. The highest BCUT2D eigenvalue weighted by Gasteiger charge is 2.26. The summed E-state index contributed by atoms with van der Waals surface area (Å²) in [6, 6.07) is 7.72. The normalized spacial score (nSPS) is 15.0. The summed E-state index contributed by atoms with van der Waals surface area (Å²) >= 11 is 3.42. The van der Waals surface area contributed by atoms with Gasteiger partial charge in [0, 0.05) is 41.6 Å². The van der Waals surface area contributed by atoms with Gasteiger partial charge in [-0.15, -0.1) is 0 Å². The quantitative estimate of drug-likeness (QED) is 0.872. The van der Waals surface area contributed by atoms with Crippen LogP contribution in [0.4, 0.5) is 4.79 Å². The molecule has 2 aromatic rings. The van der Waals surface area contributed by atoms with E-state index >= 15 is 0 Å². The number of aromatic amines is 1. The second-order valence-corrected chi connectivity index (χ2v) is 6.31. The number of rotatable bonds is 2. The molecule has 0 saturated carbocycles. The van der Waals surface area contributed by atoms with E-state index in [2.05, 4.69) is 20.9 Å².